The summed E-state index contributed by atoms with van der Waals surface area (Å²) in [5, 5.41) is 0. The maximum absolute atomic E-state index is 13.6. The fraction of sp³-hybridized carbons (Fsp3) is 0. The van der Waals surface area contributed by atoms with Gasteiger partial charge in [-0.1, -0.05) is 23.2 Å². The molecular weight excluding hydrogens is 353 g/mol. The number of anilines is 2. The minimum Gasteiger partial charge on any atom is -0.397 e. The number of nitrogen functional groups attached to an aromatic ring is 1. The molecule has 0 amide bonds. The summed E-state index contributed by atoms with van der Waals surface area (Å²) in [5.74, 6) is -2.63. The Kier molecular flexibility index (Phi) is 4.10. The predicted molar refractivity (Wildman–Crippen MR) is 75.9 cm³/mol. The van der Waals surface area contributed by atoms with Gasteiger partial charge in [0.15, 0.2) is 11.6 Å². The molecular formula is C10H6Cl2F2N2O2S2. The van der Waals surface area contributed by atoms with E-state index >= 15 is 0 Å². The summed E-state index contributed by atoms with van der Waals surface area (Å²) in [4.78, 5) is -0.336. The summed E-state index contributed by atoms with van der Waals surface area (Å²) >= 11 is 12.2. The molecule has 0 spiro atoms. The monoisotopic (exact) mass is 358 g/mol. The highest BCUT2D eigenvalue weighted by molar-refractivity contribution is 7.93. The van der Waals surface area contributed by atoms with Crippen molar-refractivity contribution in [3.8, 4) is 0 Å². The number of hydrogen-bond donors (Lipinski definition) is 2. The van der Waals surface area contributed by atoms with Crippen LogP contribution in [-0.4, -0.2) is 8.42 Å². The SMILES string of the molecule is Nc1ccc(F)c(F)c1NS(=O)(=O)c1cc(Cl)sc1Cl. The van der Waals surface area contributed by atoms with Gasteiger partial charge in [-0.25, -0.2) is 17.2 Å². The zero-order chi connectivity index (χ0) is 15.1. The first-order valence-electron chi connectivity index (χ1n) is 4.93. The Morgan fingerprint density at radius 1 is 1.25 bits per heavy atom. The highest BCUT2D eigenvalue weighted by Crippen LogP contribution is 2.36. The first-order chi connectivity index (χ1) is 9.22. The van der Waals surface area contributed by atoms with Crippen molar-refractivity contribution in [3.63, 3.8) is 0 Å². The average Bonchev–Trinajstić information content (AvgIpc) is 2.70. The molecule has 0 aliphatic heterocycles. The molecule has 0 radical (unpaired) electrons. The Morgan fingerprint density at radius 2 is 1.90 bits per heavy atom. The molecule has 20 heavy (non-hydrogen) atoms. The van der Waals surface area contributed by atoms with E-state index in [0.29, 0.717) is 0 Å². The van der Waals surface area contributed by atoms with E-state index in [4.69, 9.17) is 28.9 Å². The predicted octanol–water partition coefficient (Wildman–Crippen LogP) is 3.72. The summed E-state index contributed by atoms with van der Waals surface area (Å²) in [6.07, 6.45) is 0. The molecule has 1 heterocycles. The van der Waals surface area contributed by atoms with Crippen LogP contribution >= 0.6 is 34.5 Å². The molecule has 0 unspecified atom stereocenters. The van der Waals surface area contributed by atoms with Gasteiger partial charge in [0, 0.05) is 0 Å². The van der Waals surface area contributed by atoms with Crippen LogP contribution < -0.4 is 10.5 Å². The standard InChI is InChI=1S/C10H6Cl2F2N2O2S2/c11-7-3-6(10(12)19-7)20(17,18)16-9-5(15)2-1-4(13)8(9)14/h1-3,16H,15H2. The minimum atomic E-state index is -4.23. The lowest BCUT2D eigenvalue weighted by Crippen LogP contribution is -2.15. The molecule has 0 aliphatic rings. The maximum Gasteiger partial charge on any atom is 0.264 e. The molecule has 2 rings (SSSR count). The summed E-state index contributed by atoms with van der Waals surface area (Å²) in [6, 6.07) is 2.93. The van der Waals surface area contributed by atoms with E-state index in [-0.39, 0.29) is 19.3 Å². The molecule has 0 saturated carbocycles. The van der Waals surface area contributed by atoms with Gasteiger partial charge in [-0.05, 0) is 18.2 Å². The van der Waals surface area contributed by atoms with Gasteiger partial charge in [-0.15, -0.1) is 11.3 Å². The van der Waals surface area contributed by atoms with E-state index in [1.54, 1.807) is 0 Å². The van der Waals surface area contributed by atoms with Gasteiger partial charge in [0.05, 0.1) is 10.0 Å². The third kappa shape index (κ3) is 2.83. The van der Waals surface area contributed by atoms with E-state index < -0.39 is 27.3 Å². The zero-order valence-corrected chi connectivity index (χ0v) is 12.6. The topological polar surface area (TPSA) is 72.2 Å². The molecule has 10 heteroatoms. The van der Waals surface area contributed by atoms with E-state index in [9.17, 15) is 17.2 Å². The molecule has 0 fully saturated rings. The Bertz CT molecular complexity index is 778. The Labute approximate surface area is 127 Å². The summed E-state index contributed by atoms with van der Waals surface area (Å²) < 4.78 is 52.7. The van der Waals surface area contributed by atoms with E-state index in [0.717, 1.165) is 29.5 Å². The molecule has 0 atom stereocenters. The minimum absolute atomic E-state index is 0.0992. The Balaban J connectivity index is 2.49. The number of sulfonamides is 1. The number of benzene rings is 1. The van der Waals surface area contributed by atoms with Crippen LogP contribution in [0.25, 0.3) is 0 Å². The lowest BCUT2D eigenvalue weighted by molar-refractivity contribution is 0.512. The second-order valence-electron chi connectivity index (χ2n) is 3.62. The molecule has 108 valence electrons. The second-order valence-corrected chi connectivity index (χ2v) is 7.56. The van der Waals surface area contributed by atoms with Gasteiger partial charge in [0.2, 0.25) is 0 Å². The van der Waals surface area contributed by atoms with Crippen molar-refractivity contribution >= 4 is 55.9 Å². The third-order valence-electron chi connectivity index (χ3n) is 2.28. The Morgan fingerprint density at radius 3 is 2.45 bits per heavy atom. The fourth-order valence-corrected chi connectivity index (χ4v) is 4.61. The van der Waals surface area contributed by atoms with E-state index in [1.807, 2.05) is 4.72 Å². The number of halogens is 4. The summed E-state index contributed by atoms with van der Waals surface area (Å²) in [6.45, 7) is 0. The number of nitrogens with one attached hydrogen (secondary N) is 1. The first kappa shape index (κ1) is 15.3. The van der Waals surface area contributed by atoms with Crippen molar-refractivity contribution < 1.29 is 17.2 Å². The zero-order valence-electron chi connectivity index (χ0n) is 9.45. The average molecular weight is 359 g/mol. The van der Waals surface area contributed by atoms with Gasteiger partial charge >= 0.3 is 0 Å². The van der Waals surface area contributed by atoms with Crippen molar-refractivity contribution in [2.45, 2.75) is 4.90 Å². The van der Waals surface area contributed by atoms with Crippen molar-refractivity contribution in [2.75, 3.05) is 10.5 Å². The second kappa shape index (κ2) is 5.36. The van der Waals surface area contributed by atoms with Gasteiger partial charge in [0.25, 0.3) is 10.0 Å². The van der Waals surface area contributed by atoms with Gasteiger partial charge in [0.1, 0.15) is 14.9 Å². The van der Waals surface area contributed by atoms with Crippen molar-refractivity contribution in [2.24, 2.45) is 0 Å². The number of thiophene rings is 1. The lowest BCUT2D eigenvalue weighted by Gasteiger charge is -2.11. The highest BCUT2D eigenvalue weighted by Gasteiger charge is 2.24. The molecule has 1 aromatic heterocycles. The van der Waals surface area contributed by atoms with E-state index in [1.165, 1.54) is 0 Å². The number of hydrogen-bond acceptors (Lipinski definition) is 4. The van der Waals surface area contributed by atoms with Gasteiger partial charge < -0.3 is 5.73 Å². The molecule has 4 nitrogen and oxygen atoms in total. The van der Waals surface area contributed by atoms with Crippen molar-refractivity contribution in [1.82, 2.24) is 0 Å². The quantitative estimate of drug-likeness (QED) is 0.821. The number of nitrogens with two attached hydrogens (primary N) is 1. The van der Waals surface area contributed by atoms with Gasteiger partial charge in [-0.3, -0.25) is 4.72 Å². The van der Waals surface area contributed by atoms with Crippen LogP contribution in [0.15, 0.2) is 23.1 Å². The molecule has 0 bridgehead atoms. The van der Waals surface area contributed by atoms with Crippen LogP contribution in [0.4, 0.5) is 20.2 Å². The van der Waals surface area contributed by atoms with Crippen LogP contribution in [0.1, 0.15) is 0 Å². The summed E-state index contributed by atoms with van der Waals surface area (Å²) in [7, 11) is -4.23. The third-order valence-corrected chi connectivity index (χ3v) is 5.38. The summed E-state index contributed by atoms with van der Waals surface area (Å²) in [5.41, 5.74) is 4.49. The maximum atomic E-state index is 13.6. The van der Waals surface area contributed by atoms with Crippen LogP contribution in [0, 0.1) is 11.6 Å². The highest BCUT2D eigenvalue weighted by atomic mass is 35.5. The lowest BCUT2D eigenvalue weighted by atomic mass is 10.2. The normalized spacial score (nSPS) is 11.6. The van der Waals surface area contributed by atoms with Crippen molar-refractivity contribution in [1.29, 1.82) is 0 Å². The van der Waals surface area contributed by atoms with Crippen LogP contribution in [0.2, 0.25) is 8.67 Å². The van der Waals surface area contributed by atoms with Crippen LogP contribution in [0.3, 0.4) is 0 Å². The van der Waals surface area contributed by atoms with E-state index in [2.05, 4.69) is 0 Å². The first-order valence-corrected chi connectivity index (χ1v) is 7.99. The molecule has 2 aromatic rings. The molecule has 3 N–H and O–H groups in total. The van der Waals surface area contributed by atoms with Crippen molar-refractivity contribution in [3.05, 3.63) is 38.5 Å². The largest absolute Gasteiger partial charge is 0.397 e. The smallest absolute Gasteiger partial charge is 0.264 e. The molecule has 0 saturated heterocycles. The van der Waals surface area contributed by atoms with Crippen LogP contribution in [0.5, 0.6) is 0 Å². The fourth-order valence-electron chi connectivity index (χ4n) is 1.37. The number of rotatable bonds is 3. The molecule has 0 aliphatic carbocycles. The molecule has 1 aromatic carbocycles. The van der Waals surface area contributed by atoms with Gasteiger partial charge in [-0.2, -0.15) is 0 Å². The van der Waals surface area contributed by atoms with Crippen LogP contribution in [-0.2, 0) is 10.0 Å². The Hall–Kier alpha value is -1.09.